The van der Waals surface area contributed by atoms with Crippen LogP contribution >= 0.6 is 0 Å². The van der Waals surface area contributed by atoms with Crippen LogP contribution in [0.15, 0.2) is 54.9 Å². The molecule has 1 aliphatic carbocycles. The van der Waals surface area contributed by atoms with Gasteiger partial charge in [0.25, 0.3) is 5.91 Å². The molecule has 2 aliphatic heterocycles. The molecule has 5 rings (SSSR count). The molecule has 0 radical (unpaired) electrons. The van der Waals surface area contributed by atoms with Gasteiger partial charge in [-0.15, -0.1) is 5.10 Å². The number of carbonyl (C=O) groups is 1. The molecule has 34 heavy (non-hydrogen) atoms. The highest BCUT2D eigenvalue weighted by Crippen LogP contribution is 2.36. The largest absolute Gasteiger partial charge is 0.490 e. The number of hydrogen-bond donors (Lipinski definition) is 1. The van der Waals surface area contributed by atoms with Crippen molar-refractivity contribution in [2.24, 2.45) is 0 Å². The molecule has 2 heterocycles. The summed E-state index contributed by atoms with van der Waals surface area (Å²) in [5, 5.41) is 27.6. The molecule has 2 aromatic carbocycles. The molecule has 0 spiro atoms. The molecule has 3 aliphatic rings. The number of benzene rings is 2. The first-order chi connectivity index (χ1) is 16.4. The zero-order chi connectivity index (χ0) is 23.8. The predicted molar refractivity (Wildman–Crippen MR) is 125 cm³/mol. The molecule has 1 saturated carbocycles. The van der Waals surface area contributed by atoms with Crippen molar-refractivity contribution in [3.05, 3.63) is 77.2 Å². The fraction of sp³-hybridized carbons (Fsp3) is 0.231. The number of amides is 1. The number of pyridine rings is 1. The van der Waals surface area contributed by atoms with Crippen molar-refractivity contribution >= 4 is 5.91 Å². The standard InChI is InChI=1S/C26H23N5O3/c1-16-23-13-28-29-25(23)20(15-31(16)33)14-30(2)26(32)19-6-9-22(24(11-19)34-21-7-8-21)18-5-3-4-17(10-18)12-27/h3-6,9-11,13,15,21,33H,7-8,14H2,1-2H3. The van der Waals surface area contributed by atoms with E-state index in [4.69, 9.17) is 4.74 Å². The van der Waals surface area contributed by atoms with Crippen LogP contribution in [0.1, 0.15) is 40.0 Å². The Morgan fingerprint density at radius 3 is 2.85 bits per heavy atom. The van der Waals surface area contributed by atoms with Crippen LogP contribution in [0.3, 0.4) is 0 Å². The van der Waals surface area contributed by atoms with Gasteiger partial charge >= 0.3 is 0 Å². The highest BCUT2D eigenvalue weighted by Gasteiger charge is 2.26. The maximum Gasteiger partial charge on any atom is 0.254 e. The number of hydrogen-bond acceptors (Lipinski definition) is 6. The average Bonchev–Trinajstić information content (AvgIpc) is 3.52. The fourth-order valence-electron chi connectivity index (χ4n) is 3.97. The lowest BCUT2D eigenvalue weighted by Crippen LogP contribution is -2.27. The maximum absolute atomic E-state index is 13.3. The van der Waals surface area contributed by atoms with E-state index < -0.39 is 0 Å². The smallest absolute Gasteiger partial charge is 0.254 e. The van der Waals surface area contributed by atoms with Gasteiger partial charge < -0.3 is 14.8 Å². The maximum atomic E-state index is 13.3. The summed E-state index contributed by atoms with van der Waals surface area (Å²) in [4.78, 5) is 14.9. The Bertz CT molecular complexity index is 1400. The van der Waals surface area contributed by atoms with Crippen LogP contribution in [0, 0.1) is 18.3 Å². The Morgan fingerprint density at radius 1 is 1.26 bits per heavy atom. The Hall–Kier alpha value is -4.38. The molecule has 0 atom stereocenters. The summed E-state index contributed by atoms with van der Waals surface area (Å²) >= 11 is 0. The molecule has 0 aromatic heterocycles. The van der Waals surface area contributed by atoms with Gasteiger partial charge in [0.1, 0.15) is 11.4 Å². The number of aromatic nitrogens is 3. The third-order valence-electron chi connectivity index (χ3n) is 6.02. The molecule has 0 bridgehead atoms. The van der Waals surface area contributed by atoms with Crippen LogP contribution in [-0.2, 0) is 6.54 Å². The second kappa shape index (κ2) is 8.52. The Balaban J connectivity index is 1.44. The molecule has 8 nitrogen and oxygen atoms in total. The minimum atomic E-state index is -0.185. The molecule has 1 N–H and O–H groups in total. The van der Waals surface area contributed by atoms with Crippen molar-refractivity contribution in [3.63, 3.8) is 0 Å². The van der Waals surface area contributed by atoms with Gasteiger partial charge in [0.05, 0.1) is 35.8 Å². The van der Waals surface area contributed by atoms with Crippen LogP contribution < -0.4 is 4.74 Å². The molecule has 1 amide bonds. The second-order valence-electron chi connectivity index (χ2n) is 8.57. The van der Waals surface area contributed by atoms with Crippen molar-refractivity contribution in [3.8, 4) is 34.2 Å². The van der Waals surface area contributed by atoms with E-state index >= 15 is 0 Å². The SMILES string of the molecule is Cc1c2cnnc-2c(CN(C)C(=O)c2ccc(-c3cccc(C#N)c3)c(OC3CC3)c2)cn1O. The lowest BCUT2D eigenvalue weighted by molar-refractivity contribution is 0.0783. The normalized spacial score (nSPS) is 13.0. The lowest BCUT2D eigenvalue weighted by Gasteiger charge is -2.21. The van der Waals surface area contributed by atoms with Crippen molar-refractivity contribution in [1.29, 1.82) is 5.26 Å². The van der Waals surface area contributed by atoms with Gasteiger partial charge in [0.2, 0.25) is 0 Å². The van der Waals surface area contributed by atoms with Crippen molar-refractivity contribution in [2.45, 2.75) is 32.4 Å². The molecule has 8 heteroatoms. The summed E-state index contributed by atoms with van der Waals surface area (Å²) in [6.07, 6.45) is 5.28. The van der Waals surface area contributed by atoms with Gasteiger partial charge in [-0.05, 0) is 55.7 Å². The van der Waals surface area contributed by atoms with Gasteiger partial charge in [-0.2, -0.15) is 15.1 Å². The van der Waals surface area contributed by atoms with Crippen LogP contribution in [0.5, 0.6) is 5.75 Å². The molecule has 0 unspecified atom stereocenters. The summed E-state index contributed by atoms with van der Waals surface area (Å²) in [7, 11) is 1.71. The number of ether oxygens (including phenoxy) is 1. The number of nitrogens with zero attached hydrogens (tertiary/aromatic N) is 5. The highest BCUT2D eigenvalue weighted by molar-refractivity contribution is 5.95. The first-order valence-corrected chi connectivity index (χ1v) is 11.0. The molecular weight excluding hydrogens is 430 g/mol. The Labute approximate surface area is 196 Å². The van der Waals surface area contributed by atoms with E-state index in [-0.39, 0.29) is 18.6 Å². The third kappa shape index (κ3) is 4.04. The van der Waals surface area contributed by atoms with E-state index in [1.165, 1.54) is 0 Å². The number of nitriles is 1. The second-order valence-corrected chi connectivity index (χ2v) is 8.57. The van der Waals surface area contributed by atoms with Gasteiger partial charge in [-0.3, -0.25) is 4.79 Å². The first-order valence-electron chi connectivity index (χ1n) is 11.0. The number of carbonyl (C=O) groups excluding carboxylic acids is 1. The van der Waals surface area contributed by atoms with Crippen molar-refractivity contribution < 1.29 is 14.7 Å². The van der Waals surface area contributed by atoms with Gasteiger partial charge in [-0.1, -0.05) is 12.1 Å². The molecule has 2 aromatic rings. The van der Waals surface area contributed by atoms with Crippen LogP contribution in [0.25, 0.3) is 22.4 Å². The minimum absolute atomic E-state index is 0.151. The van der Waals surface area contributed by atoms with Gasteiger partial charge in [0, 0.05) is 35.8 Å². The topological polar surface area (TPSA) is 104 Å². The van der Waals surface area contributed by atoms with E-state index in [1.807, 2.05) is 24.3 Å². The average molecular weight is 454 g/mol. The Kier molecular flexibility index (Phi) is 5.38. The van der Waals surface area contributed by atoms with Crippen LogP contribution in [0.2, 0.25) is 0 Å². The van der Waals surface area contributed by atoms with Gasteiger partial charge in [-0.25, -0.2) is 0 Å². The molecule has 170 valence electrons. The third-order valence-corrected chi connectivity index (χ3v) is 6.02. The summed E-state index contributed by atoms with van der Waals surface area (Å²) in [5.41, 5.74) is 5.50. The quantitative estimate of drug-likeness (QED) is 0.437. The first kappa shape index (κ1) is 21.5. The zero-order valence-electron chi connectivity index (χ0n) is 18.9. The number of rotatable bonds is 6. The predicted octanol–water partition coefficient (Wildman–Crippen LogP) is 4.28. The summed E-state index contributed by atoms with van der Waals surface area (Å²) in [5.74, 6) is 0.445. The van der Waals surface area contributed by atoms with Crippen LogP contribution in [-0.4, -0.2) is 44.1 Å². The molecule has 1 fully saturated rings. The van der Waals surface area contributed by atoms with E-state index in [9.17, 15) is 15.3 Å². The molecule has 0 saturated heterocycles. The van der Waals surface area contributed by atoms with Crippen molar-refractivity contribution in [1.82, 2.24) is 19.8 Å². The number of fused-ring (bicyclic) bond motifs is 1. The highest BCUT2D eigenvalue weighted by atomic mass is 16.5. The minimum Gasteiger partial charge on any atom is -0.490 e. The Morgan fingerprint density at radius 2 is 2.09 bits per heavy atom. The van der Waals surface area contributed by atoms with E-state index in [1.54, 1.807) is 49.5 Å². The zero-order valence-corrected chi connectivity index (χ0v) is 18.9. The monoisotopic (exact) mass is 453 g/mol. The van der Waals surface area contributed by atoms with Crippen LogP contribution in [0.4, 0.5) is 0 Å². The summed E-state index contributed by atoms with van der Waals surface area (Å²) in [6, 6.07) is 14.9. The lowest BCUT2D eigenvalue weighted by atomic mass is 10.00. The van der Waals surface area contributed by atoms with E-state index in [0.29, 0.717) is 33.8 Å². The molecular formula is C26H23N5O3. The van der Waals surface area contributed by atoms with E-state index in [0.717, 1.165) is 34.3 Å². The fourth-order valence-corrected chi connectivity index (χ4v) is 3.97. The summed E-state index contributed by atoms with van der Waals surface area (Å²) < 4.78 is 7.17. The van der Waals surface area contributed by atoms with E-state index in [2.05, 4.69) is 16.3 Å². The van der Waals surface area contributed by atoms with Gasteiger partial charge in [0.15, 0.2) is 0 Å². The summed E-state index contributed by atoms with van der Waals surface area (Å²) in [6.45, 7) is 2.03. The van der Waals surface area contributed by atoms with Crippen molar-refractivity contribution in [2.75, 3.05) is 7.05 Å².